The van der Waals surface area contributed by atoms with Crippen molar-refractivity contribution in [2.45, 2.75) is 19.4 Å². The average molecular weight is 534 g/mol. The maximum absolute atomic E-state index is 12.7. The summed E-state index contributed by atoms with van der Waals surface area (Å²) in [6, 6.07) is 24.8. The normalized spacial score (nSPS) is 11.2. The summed E-state index contributed by atoms with van der Waals surface area (Å²) in [6.45, 7) is 0.694. The molecule has 40 heavy (non-hydrogen) atoms. The molecular weight excluding hydrogens is 502 g/mol. The standard InChI is InChI=1S/C31H31N7O2/c1-36(2)29-11-4-3-10-27(29)34-30(39)12-6-17-37-19-15-24-21-25(13-14-28(24)37)31(40)35-32-22-23-8-5-9-26(20-23)38-18-7-16-33-38/h3-5,7-11,13-16,18-22H,6,12,17H2,1-2H3,(H,34,39)(H,35,40)/b32-22+. The lowest BCUT2D eigenvalue weighted by Crippen LogP contribution is -2.17. The number of anilines is 2. The van der Waals surface area contributed by atoms with Crippen LogP contribution in [0.3, 0.4) is 0 Å². The first-order valence-corrected chi connectivity index (χ1v) is 13.1. The highest BCUT2D eigenvalue weighted by molar-refractivity contribution is 5.98. The van der Waals surface area contributed by atoms with E-state index in [4.69, 9.17) is 0 Å². The van der Waals surface area contributed by atoms with Gasteiger partial charge in [0.15, 0.2) is 0 Å². The van der Waals surface area contributed by atoms with Crippen molar-refractivity contribution in [1.82, 2.24) is 19.8 Å². The van der Waals surface area contributed by atoms with E-state index < -0.39 is 0 Å². The molecule has 3 aromatic carbocycles. The highest BCUT2D eigenvalue weighted by Crippen LogP contribution is 2.24. The Morgan fingerprint density at radius 3 is 2.67 bits per heavy atom. The molecule has 0 bridgehead atoms. The molecule has 0 saturated carbocycles. The number of hydrogen-bond donors (Lipinski definition) is 2. The summed E-state index contributed by atoms with van der Waals surface area (Å²) in [4.78, 5) is 27.2. The predicted molar refractivity (Wildman–Crippen MR) is 159 cm³/mol. The number of amides is 2. The van der Waals surface area contributed by atoms with E-state index in [0.717, 1.165) is 33.5 Å². The van der Waals surface area contributed by atoms with Crippen LogP contribution in [-0.4, -0.2) is 46.5 Å². The third-order valence-corrected chi connectivity index (χ3v) is 6.51. The first-order valence-electron chi connectivity index (χ1n) is 13.1. The average Bonchev–Trinajstić information content (AvgIpc) is 3.64. The Morgan fingerprint density at radius 2 is 1.85 bits per heavy atom. The van der Waals surface area contributed by atoms with Gasteiger partial charge < -0.3 is 14.8 Å². The molecule has 2 amide bonds. The van der Waals surface area contributed by atoms with Gasteiger partial charge in [-0.15, -0.1) is 0 Å². The molecular formula is C31H31N7O2. The molecule has 5 rings (SSSR count). The van der Waals surface area contributed by atoms with Crippen molar-refractivity contribution in [3.8, 4) is 5.69 Å². The summed E-state index contributed by atoms with van der Waals surface area (Å²) >= 11 is 0. The van der Waals surface area contributed by atoms with Crippen molar-refractivity contribution in [3.63, 3.8) is 0 Å². The third kappa shape index (κ3) is 6.27. The molecule has 0 unspecified atom stereocenters. The van der Waals surface area contributed by atoms with Crippen molar-refractivity contribution in [3.05, 3.63) is 109 Å². The van der Waals surface area contributed by atoms with Crippen molar-refractivity contribution < 1.29 is 9.59 Å². The van der Waals surface area contributed by atoms with Crippen LogP contribution in [0.4, 0.5) is 11.4 Å². The van der Waals surface area contributed by atoms with Crippen LogP contribution in [0.2, 0.25) is 0 Å². The van der Waals surface area contributed by atoms with Gasteiger partial charge in [0.05, 0.1) is 23.3 Å². The molecule has 0 spiro atoms. The van der Waals surface area contributed by atoms with Gasteiger partial charge in [0.1, 0.15) is 0 Å². The van der Waals surface area contributed by atoms with E-state index in [9.17, 15) is 9.59 Å². The number of nitrogens with one attached hydrogen (secondary N) is 2. The van der Waals surface area contributed by atoms with E-state index in [1.807, 2.05) is 104 Å². The SMILES string of the molecule is CN(C)c1ccccc1NC(=O)CCCn1ccc2cc(C(=O)N/N=C/c3cccc(-n4cccn4)c3)ccc21. The minimum Gasteiger partial charge on any atom is -0.376 e. The molecule has 9 heteroatoms. The van der Waals surface area contributed by atoms with E-state index in [1.54, 1.807) is 23.2 Å². The first-order chi connectivity index (χ1) is 19.5. The Morgan fingerprint density at radius 1 is 0.975 bits per heavy atom. The lowest BCUT2D eigenvalue weighted by atomic mass is 10.1. The maximum Gasteiger partial charge on any atom is 0.271 e. The Hall–Kier alpha value is -5.18. The van der Waals surface area contributed by atoms with Gasteiger partial charge >= 0.3 is 0 Å². The zero-order chi connectivity index (χ0) is 27.9. The number of aromatic nitrogens is 3. The molecule has 0 saturated heterocycles. The number of benzene rings is 3. The molecule has 2 N–H and O–H groups in total. The van der Waals surface area contributed by atoms with Crippen LogP contribution in [0.1, 0.15) is 28.8 Å². The molecule has 0 fully saturated rings. The lowest BCUT2D eigenvalue weighted by Gasteiger charge is -2.17. The molecule has 9 nitrogen and oxygen atoms in total. The quantitative estimate of drug-likeness (QED) is 0.193. The Kier molecular flexibility index (Phi) is 8.01. The molecule has 5 aromatic rings. The fourth-order valence-corrected chi connectivity index (χ4v) is 4.53. The summed E-state index contributed by atoms with van der Waals surface area (Å²) in [6.07, 6.45) is 8.28. The second-order valence-corrected chi connectivity index (χ2v) is 9.59. The number of hydrazone groups is 1. The summed E-state index contributed by atoms with van der Waals surface area (Å²) in [7, 11) is 3.90. The van der Waals surface area contributed by atoms with Gasteiger partial charge in [0.25, 0.3) is 5.91 Å². The number of nitrogens with zero attached hydrogens (tertiary/aromatic N) is 5. The van der Waals surface area contributed by atoms with Crippen molar-refractivity contribution in [2.75, 3.05) is 24.3 Å². The van der Waals surface area contributed by atoms with E-state index in [-0.39, 0.29) is 11.8 Å². The summed E-state index contributed by atoms with van der Waals surface area (Å²) in [5.74, 6) is -0.304. The second kappa shape index (κ2) is 12.1. The number of para-hydroxylation sites is 2. The predicted octanol–water partition coefficient (Wildman–Crippen LogP) is 5.08. The first kappa shape index (κ1) is 26.4. The lowest BCUT2D eigenvalue weighted by molar-refractivity contribution is -0.116. The van der Waals surface area contributed by atoms with Gasteiger partial charge in [-0.25, -0.2) is 10.1 Å². The molecule has 0 aliphatic rings. The van der Waals surface area contributed by atoms with Gasteiger partial charge in [-0.05, 0) is 66.6 Å². The minimum absolute atomic E-state index is 0.0154. The van der Waals surface area contributed by atoms with Crippen molar-refractivity contribution in [2.24, 2.45) is 5.10 Å². The van der Waals surface area contributed by atoms with Gasteiger partial charge in [-0.2, -0.15) is 10.2 Å². The van der Waals surface area contributed by atoms with Gasteiger partial charge in [0.2, 0.25) is 5.91 Å². The minimum atomic E-state index is -0.288. The van der Waals surface area contributed by atoms with Gasteiger partial charge in [-0.1, -0.05) is 24.3 Å². The smallest absolute Gasteiger partial charge is 0.271 e. The van der Waals surface area contributed by atoms with E-state index in [0.29, 0.717) is 24.9 Å². The number of rotatable bonds is 10. The molecule has 0 atom stereocenters. The Bertz CT molecular complexity index is 1650. The van der Waals surface area contributed by atoms with E-state index >= 15 is 0 Å². The van der Waals surface area contributed by atoms with Gasteiger partial charge in [-0.3, -0.25) is 9.59 Å². The van der Waals surface area contributed by atoms with E-state index in [1.165, 1.54) is 0 Å². The zero-order valence-corrected chi connectivity index (χ0v) is 22.5. The van der Waals surface area contributed by atoms with Crippen LogP contribution in [-0.2, 0) is 11.3 Å². The second-order valence-electron chi connectivity index (χ2n) is 9.59. The van der Waals surface area contributed by atoms with Gasteiger partial charge in [0, 0.05) is 62.1 Å². The van der Waals surface area contributed by atoms with E-state index in [2.05, 4.69) is 25.5 Å². The summed E-state index contributed by atoms with van der Waals surface area (Å²) in [5.41, 5.74) is 7.66. The van der Waals surface area contributed by atoms with Crippen LogP contribution in [0, 0.1) is 0 Å². The monoisotopic (exact) mass is 533 g/mol. The molecule has 2 aromatic heterocycles. The zero-order valence-electron chi connectivity index (χ0n) is 22.5. The highest BCUT2D eigenvalue weighted by Gasteiger charge is 2.10. The third-order valence-electron chi connectivity index (χ3n) is 6.51. The fourth-order valence-electron chi connectivity index (χ4n) is 4.53. The number of carbonyl (C=O) groups excluding carboxylic acids is 2. The Labute approximate surface area is 232 Å². The van der Waals surface area contributed by atoms with Crippen molar-refractivity contribution in [1.29, 1.82) is 0 Å². The van der Waals surface area contributed by atoms with Crippen LogP contribution >= 0.6 is 0 Å². The summed E-state index contributed by atoms with van der Waals surface area (Å²) in [5, 5.41) is 12.3. The Balaban J connectivity index is 1.15. The summed E-state index contributed by atoms with van der Waals surface area (Å²) < 4.78 is 3.86. The topological polar surface area (TPSA) is 96.5 Å². The van der Waals surface area contributed by atoms with Crippen LogP contribution < -0.4 is 15.6 Å². The molecule has 0 aliphatic heterocycles. The van der Waals surface area contributed by atoms with Crippen LogP contribution in [0.15, 0.2) is 103 Å². The number of fused-ring (bicyclic) bond motifs is 1. The highest BCUT2D eigenvalue weighted by atomic mass is 16.2. The number of carbonyl (C=O) groups is 2. The fraction of sp³-hybridized carbons (Fsp3) is 0.161. The maximum atomic E-state index is 12.7. The number of hydrogen-bond acceptors (Lipinski definition) is 5. The molecule has 202 valence electrons. The number of aryl methyl sites for hydroxylation is 1. The van der Waals surface area contributed by atoms with Crippen LogP contribution in [0.25, 0.3) is 16.6 Å². The molecule has 0 radical (unpaired) electrons. The van der Waals surface area contributed by atoms with Crippen molar-refractivity contribution >= 4 is 40.3 Å². The molecule has 0 aliphatic carbocycles. The largest absolute Gasteiger partial charge is 0.376 e. The molecule has 2 heterocycles. The van der Waals surface area contributed by atoms with Crippen LogP contribution in [0.5, 0.6) is 0 Å².